The van der Waals surface area contributed by atoms with E-state index >= 15 is 0 Å². The molecule has 0 spiro atoms. The highest BCUT2D eigenvalue weighted by molar-refractivity contribution is 5.98. The smallest absolute Gasteiger partial charge is 0.308 e. The summed E-state index contributed by atoms with van der Waals surface area (Å²) in [7, 11) is 0. The van der Waals surface area contributed by atoms with Crippen molar-refractivity contribution in [3.05, 3.63) is 54.1 Å². The number of benzene rings is 2. The van der Waals surface area contributed by atoms with Crippen molar-refractivity contribution in [2.45, 2.75) is 6.42 Å². The summed E-state index contributed by atoms with van der Waals surface area (Å²) in [5, 5.41) is 2.29. The number of carbonyl (C=O) groups excluding carboxylic acids is 3. The lowest BCUT2D eigenvalue weighted by molar-refractivity contribution is -0.147. The van der Waals surface area contributed by atoms with Gasteiger partial charge < -0.3 is 19.7 Å². The molecule has 2 aromatic carbocycles. The molecule has 0 saturated carbocycles. The van der Waals surface area contributed by atoms with Gasteiger partial charge in [-0.3, -0.25) is 14.4 Å². The van der Waals surface area contributed by atoms with Crippen LogP contribution in [0.5, 0.6) is 5.75 Å². The first-order valence-electron chi connectivity index (χ1n) is 8.37. The first-order chi connectivity index (χ1) is 13.4. The Kier molecular flexibility index (Phi) is 5.83. The van der Waals surface area contributed by atoms with Crippen LogP contribution in [0.2, 0.25) is 0 Å². The van der Waals surface area contributed by atoms with Gasteiger partial charge in [0.15, 0.2) is 24.8 Å². The van der Waals surface area contributed by atoms with E-state index in [-0.39, 0.29) is 31.2 Å². The number of nitrogens with zero attached hydrogens (tertiary/aromatic N) is 1. The SMILES string of the molecule is O=C(COC(=O)CCN1C(=O)COc2ccccc21)Nc1ccc(F)c(F)c1. The van der Waals surface area contributed by atoms with Gasteiger partial charge in [-0.2, -0.15) is 0 Å². The Morgan fingerprint density at radius 3 is 2.71 bits per heavy atom. The monoisotopic (exact) mass is 390 g/mol. The highest BCUT2D eigenvalue weighted by Gasteiger charge is 2.25. The predicted octanol–water partition coefficient (Wildman–Crippen LogP) is 2.26. The number of amides is 2. The molecule has 0 fully saturated rings. The third kappa shape index (κ3) is 4.61. The summed E-state index contributed by atoms with van der Waals surface area (Å²) in [5.41, 5.74) is 0.595. The second-order valence-electron chi connectivity index (χ2n) is 5.89. The Hall–Kier alpha value is -3.49. The average Bonchev–Trinajstić information content (AvgIpc) is 2.68. The van der Waals surface area contributed by atoms with E-state index in [0.29, 0.717) is 11.4 Å². The maximum atomic E-state index is 13.1. The van der Waals surface area contributed by atoms with E-state index < -0.39 is 30.1 Å². The molecule has 0 aromatic heterocycles. The van der Waals surface area contributed by atoms with E-state index in [4.69, 9.17) is 9.47 Å². The molecule has 2 amide bonds. The quantitative estimate of drug-likeness (QED) is 0.765. The molecule has 28 heavy (non-hydrogen) atoms. The maximum absolute atomic E-state index is 13.1. The molecular formula is C19H16F2N2O5. The molecule has 2 aromatic rings. The lowest BCUT2D eigenvalue weighted by Gasteiger charge is -2.28. The van der Waals surface area contributed by atoms with Gasteiger partial charge in [0.2, 0.25) is 0 Å². The third-order valence-corrected chi connectivity index (χ3v) is 3.92. The summed E-state index contributed by atoms with van der Waals surface area (Å²) < 4.78 is 36.1. The number of ether oxygens (including phenoxy) is 2. The van der Waals surface area contributed by atoms with Gasteiger partial charge in [-0.25, -0.2) is 8.78 Å². The Labute approximate surface area is 158 Å². The fourth-order valence-corrected chi connectivity index (χ4v) is 2.59. The van der Waals surface area contributed by atoms with Crippen LogP contribution in [0.4, 0.5) is 20.2 Å². The first-order valence-corrected chi connectivity index (χ1v) is 8.37. The Morgan fingerprint density at radius 2 is 1.93 bits per heavy atom. The minimum absolute atomic E-state index is 0.0375. The molecule has 0 radical (unpaired) electrons. The largest absolute Gasteiger partial charge is 0.482 e. The van der Waals surface area contributed by atoms with Gasteiger partial charge in [-0.05, 0) is 24.3 Å². The lowest BCUT2D eigenvalue weighted by atomic mass is 10.2. The number of esters is 1. The van der Waals surface area contributed by atoms with Gasteiger partial charge in [0, 0.05) is 18.3 Å². The van der Waals surface area contributed by atoms with Gasteiger partial charge in [-0.15, -0.1) is 0 Å². The van der Waals surface area contributed by atoms with Crippen molar-refractivity contribution in [3.63, 3.8) is 0 Å². The molecule has 0 unspecified atom stereocenters. The van der Waals surface area contributed by atoms with Crippen molar-refractivity contribution >= 4 is 29.2 Å². The van der Waals surface area contributed by atoms with Crippen LogP contribution in [-0.4, -0.2) is 37.5 Å². The van der Waals surface area contributed by atoms with Crippen LogP contribution in [0, 0.1) is 11.6 Å². The molecule has 1 heterocycles. The van der Waals surface area contributed by atoms with Crippen molar-refractivity contribution in [1.29, 1.82) is 0 Å². The summed E-state index contributed by atoms with van der Waals surface area (Å²) in [6.07, 6.45) is -0.126. The fraction of sp³-hybridized carbons (Fsp3) is 0.211. The highest BCUT2D eigenvalue weighted by atomic mass is 19.2. The molecule has 0 aliphatic carbocycles. The van der Waals surface area contributed by atoms with E-state index in [1.807, 2.05) is 0 Å². The van der Waals surface area contributed by atoms with Gasteiger partial charge in [-0.1, -0.05) is 12.1 Å². The second kappa shape index (κ2) is 8.47. The maximum Gasteiger partial charge on any atom is 0.308 e. The van der Waals surface area contributed by atoms with Crippen LogP contribution >= 0.6 is 0 Å². The molecule has 0 saturated heterocycles. The van der Waals surface area contributed by atoms with Crippen LogP contribution < -0.4 is 15.0 Å². The summed E-state index contributed by atoms with van der Waals surface area (Å²) in [5.74, 6) is -3.28. The van der Waals surface area contributed by atoms with E-state index in [1.165, 1.54) is 11.0 Å². The molecule has 7 nitrogen and oxygen atoms in total. The van der Waals surface area contributed by atoms with E-state index in [9.17, 15) is 23.2 Å². The van der Waals surface area contributed by atoms with Crippen molar-refractivity contribution in [1.82, 2.24) is 0 Å². The highest BCUT2D eigenvalue weighted by Crippen LogP contribution is 2.31. The second-order valence-corrected chi connectivity index (χ2v) is 5.89. The molecule has 0 atom stereocenters. The number of rotatable bonds is 6. The minimum atomic E-state index is -1.11. The summed E-state index contributed by atoms with van der Waals surface area (Å²) >= 11 is 0. The van der Waals surface area contributed by atoms with Crippen molar-refractivity contribution < 1.29 is 32.6 Å². The number of nitrogens with one attached hydrogen (secondary N) is 1. The van der Waals surface area contributed by atoms with Crippen LogP contribution in [0.15, 0.2) is 42.5 Å². The van der Waals surface area contributed by atoms with Crippen LogP contribution in [-0.2, 0) is 19.1 Å². The van der Waals surface area contributed by atoms with Crippen LogP contribution in [0.3, 0.4) is 0 Å². The minimum Gasteiger partial charge on any atom is -0.482 e. The fourth-order valence-electron chi connectivity index (χ4n) is 2.59. The van der Waals surface area contributed by atoms with Gasteiger partial charge in [0.1, 0.15) is 5.75 Å². The van der Waals surface area contributed by atoms with Crippen LogP contribution in [0.1, 0.15) is 6.42 Å². The summed E-state index contributed by atoms with van der Waals surface area (Å²) in [4.78, 5) is 37.1. The van der Waals surface area contributed by atoms with Gasteiger partial charge in [0.05, 0.1) is 12.1 Å². The Morgan fingerprint density at radius 1 is 1.14 bits per heavy atom. The molecule has 9 heteroatoms. The standard InChI is InChI=1S/C19H16F2N2O5/c20-13-6-5-12(9-14(13)21)22-17(24)10-28-19(26)7-8-23-15-3-1-2-4-16(15)27-11-18(23)25/h1-6,9H,7-8,10-11H2,(H,22,24). The first kappa shape index (κ1) is 19.3. The van der Waals surface area contributed by atoms with Crippen LogP contribution in [0.25, 0.3) is 0 Å². The van der Waals surface area contributed by atoms with E-state index in [0.717, 1.165) is 12.1 Å². The molecule has 1 N–H and O–H groups in total. The number of anilines is 2. The Balaban J connectivity index is 1.47. The van der Waals surface area contributed by atoms with Crippen molar-refractivity contribution in [2.24, 2.45) is 0 Å². The number of para-hydroxylation sites is 2. The molecule has 1 aliphatic heterocycles. The number of hydrogen-bond donors (Lipinski definition) is 1. The van der Waals surface area contributed by atoms with E-state index in [2.05, 4.69) is 5.32 Å². The lowest BCUT2D eigenvalue weighted by Crippen LogP contribution is -2.40. The number of hydrogen-bond acceptors (Lipinski definition) is 5. The van der Waals surface area contributed by atoms with Crippen molar-refractivity contribution in [2.75, 3.05) is 30.0 Å². The predicted molar refractivity (Wildman–Crippen MR) is 94.9 cm³/mol. The average molecular weight is 390 g/mol. The van der Waals surface area contributed by atoms with Gasteiger partial charge in [0.25, 0.3) is 11.8 Å². The topological polar surface area (TPSA) is 84.9 Å². The third-order valence-electron chi connectivity index (χ3n) is 3.92. The molecule has 0 bridgehead atoms. The van der Waals surface area contributed by atoms with E-state index in [1.54, 1.807) is 24.3 Å². The normalized spacial score (nSPS) is 12.8. The number of halogens is 2. The zero-order valence-electron chi connectivity index (χ0n) is 14.6. The number of carbonyl (C=O) groups is 3. The molecule has 1 aliphatic rings. The zero-order valence-corrected chi connectivity index (χ0v) is 14.6. The summed E-state index contributed by atoms with van der Waals surface area (Å²) in [6, 6.07) is 9.80. The summed E-state index contributed by atoms with van der Waals surface area (Å²) in [6.45, 7) is -0.642. The Bertz CT molecular complexity index is 919. The number of fused-ring (bicyclic) bond motifs is 1. The van der Waals surface area contributed by atoms with Gasteiger partial charge >= 0.3 is 5.97 Å². The zero-order chi connectivity index (χ0) is 20.1. The molecule has 3 rings (SSSR count). The molecular weight excluding hydrogens is 374 g/mol. The molecule has 146 valence electrons. The van der Waals surface area contributed by atoms with Crippen molar-refractivity contribution in [3.8, 4) is 5.75 Å².